The number of carbonyl (C=O) groups excluding carboxylic acids is 2. The number of rotatable bonds is 6. The maximum absolute atomic E-state index is 12.9. The van der Waals surface area contributed by atoms with Crippen molar-refractivity contribution in [1.29, 1.82) is 0 Å². The second kappa shape index (κ2) is 9.01. The molecular weight excluding hydrogens is 374 g/mol. The molecule has 0 radical (unpaired) electrons. The Kier molecular flexibility index (Phi) is 5.80. The van der Waals surface area contributed by atoms with Gasteiger partial charge in [-0.05, 0) is 40.1 Å². The summed E-state index contributed by atoms with van der Waals surface area (Å²) in [4.78, 5) is 30.0. The van der Waals surface area contributed by atoms with Crippen molar-refractivity contribution in [2.75, 3.05) is 0 Å². The largest absolute Gasteiger partial charge is 0.350 e. The Morgan fingerprint density at radius 2 is 1.60 bits per heavy atom. The van der Waals surface area contributed by atoms with Crippen LogP contribution in [0, 0.1) is 0 Å². The zero-order valence-electron chi connectivity index (χ0n) is 16.3. The first-order valence-electron chi connectivity index (χ1n) is 9.72. The average molecular weight is 395 g/mol. The molecule has 0 fully saturated rings. The number of aromatic nitrogens is 1. The highest BCUT2D eigenvalue weighted by Crippen LogP contribution is 2.18. The summed E-state index contributed by atoms with van der Waals surface area (Å²) in [5.41, 5.74) is 2.11. The van der Waals surface area contributed by atoms with E-state index in [1.807, 2.05) is 78.9 Å². The third-order valence-electron chi connectivity index (χ3n) is 4.87. The Morgan fingerprint density at radius 3 is 2.37 bits per heavy atom. The minimum absolute atomic E-state index is 0.279. The molecule has 0 bridgehead atoms. The minimum Gasteiger partial charge on any atom is -0.350 e. The van der Waals surface area contributed by atoms with E-state index in [1.165, 1.54) is 0 Å². The number of benzene rings is 3. The summed E-state index contributed by atoms with van der Waals surface area (Å²) in [6, 6.07) is 25.5. The minimum atomic E-state index is -0.804. The van der Waals surface area contributed by atoms with Crippen LogP contribution in [0.25, 0.3) is 10.8 Å². The van der Waals surface area contributed by atoms with Gasteiger partial charge in [0.15, 0.2) is 0 Å². The Morgan fingerprint density at radius 1 is 0.833 bits per heavy atom. The lowest BCUT2D eigenvalue weighted by molar-refractivity contribution is -0.123. The number of amides is 2. The van der Waals surface area contributed by atoms with Gasteiger partial charge in [0.1, 0.15) is 6.04 Å². The fourth-order valence-electron chi connectivity index (χ4n) is 3.28. The molecule has 1 atom stereocenters. The van der Waals surface area contributed by atoms with Crippen LogP contribution in [0.5, 0.6) is 0 Å². The third kappa shape index (κ3) is 4.52. The fourth-order valence-corrected chi connectivity index (χ4v) is 3.28. The summed E-state index contributed by atoms with van der Waals surface area (Å²) < 4.78 is 0. The Bertz CT molecular complexity index is 1160. The zero-order valence-corrected chi connectivity index (χ0v) is 16.3. The smallest absolute Gasteiger partial charge is 0.252 e. The molecule has 1 heterocycles. The van der Waals surface area contributed by atoms with Crippen molar-refractivity contribution in [3.8, 4) is 0 Å². The van der Waals surface area contributed by atoms with Crippen LogP contribution >= 0.6 is 0 Å². The number of nitrogens with zero attached hydrogens (tertiary/aromatic N) is 1. The molecule has 0 spiro atoms. The molecule has 5 heteroatoms. The van der Waals surface area contributed by atoms with E-state index in [0.29, 0.717) is 12.1 Å². The summed E-state index contributed by atoms with van der Waals surface area (Å²) in [5, 5.41) is 7.81. The standard InChI is InChI=1S/C25H21N3O2/c29-24(22-13-12-19-8-4-5-11-21(19)15-22)28-23(20-9-2-1-3-10-20)25(30)27-17-18-7-6-14-26-16-18/h1-16,23H,17H2,(H,27,30)(H,28,29)/t23-/m1/s1. The lowest BCUT2D eigenvalue weighted by atomic mass is 10.0. The number of hydrogen-bond acceptors (Lipinski definition) is 3. The van der Waals surface area contributed by atoms with Gasteiger partial charge >= 0.3 is 0 Å². The van der Waals surface area contributed by atoms with E-state index < -0.39 is 6.04 Å². The Balaban J connectivity index is 1.54. The van der Waals surface area contributed by atoms with Crippen LogP contribution in [0.3, 0.4) is 0 Å². The summed E-state index contributed by atoms with van der Waals surface area (Å²) >= 11 is 0. The first-order chi connectivity index (χ1) is 14.7. The van der Waals surface area contributed by atoms with Crippen molar-refractivity contribution in [3.05, 3.63) is 114 Å². The fraction of sp³-hybridized carbons (Fsp3) is 0.0800. The van der Waals surface area contributed by atoms with Gasteiger partial charge in [-0.2, -0.15) is 0 Å². The van der Waals surface area contributed by atoms with Crippen molar-refractivity contribution >= 4 is 22.6 Å². The van der Waals surface area contributed by atoms with Gasteiger partial charge in [0, 0.05) is 24.5 Å². The highest BCUT2D eigenvalue weighted by Gasteiger charge is 2.23. The maximum atomic E-state index is 12.9. The van der Waals surface area contributed by atoms with Crippen LogP contribution in [0.15, 0.2) is 97.3 Å². The number of pyridine rings is 1. The molecule has 148 valence electrons. The topological polar surface area (TPSA) is 71.1 Å². The van der Waals surface area contributed by atoms with Crippen LogP contribution in [0.1, 0.15) is 27.5 Å². The molecule has 0 aliphatic rings. The molecule has 0 saturated carbocycles. The van der Waals surface area contributed by atoms with E-state index in [9.17, 15) is 9.59 Å². The molecule has 0 aliphatic carbocycles. The third-order valence-corrected chi connectivity index (χ3v) is 4.87. The molecule has 0 unspecified atom stereocenters. The Labute approximate surface area is 174 Å². The van der Waals surface area contributed by atoms with Crippen molar-refractivity contribution in [2.24, 2.45) is 0 Å². The molecule has 0 saturated heterocycles. The highest BCUT2D eigenvalue weighted by atomic mass is 16.2. The second-order valence-electron chi connectivity index (χ2n) is 6.96. The molecule has 1 aromatic heterocycles. The van der Waals surface area contributed by atoms with Gasteiger partial charge < -0.3 is 10.6 Å². The van der Waals surface area contributed by atoms with Gasteiger partial charge in [0.25, 0.3) is 5.91 Å². The van der Waals surface area contributed by atoms with Gasteiger partial charge in [0.05, 0.1) is 0 Å². The number of hydrogen-bond donors (Lipinski definition) is 2. The van der Waals surface area contributed by atoms with E-state index in [0.717, 1.165) is 21.9 Å². The average Bonchev–Trinajstić information content (AvgIpc) is 2.81. The van der Waals surface area contributed by atoms with Gasteiger partial charge in [-0.15, -0.1) is 0 Å². The van der Waals surface area contributed by atoms with E-state index in [2.05, 4.69) is 15.6 Å². The van der Waals surface area contributed by atoms with Crippen LogP contribution in [0.2, 0.25) is 0 Å². The van der Waals surface area contributed by atoms with Gasteiger partial charge in [-0.1, -0.05) is 66.7 Å². The predicted octanol–water partition coefficient (Wildman–Crippen LogP) is 4.02. The number of fused-ring (bicyclic) bond motifs is 1. The lowest BCUT2D eigenvalue weighted by Gasteiger charge is -2.19. The molecule has 30 heavy (non-hydrogen) atoms. The van der Waals surface area contributed by atoms with Crippen molar-refractivity contribution in [2.45, 2.75) is 12.6 Å². The van der Waals surface area contributed by atoms with Crippen LogP contribution in [-0.4, -0.2) is 16.8 Å². The zero-order chi connectivity index (χ0) is 20.8. The first-order valence-corrected chi connectivity index (χ1v) is 9.72. The molecule has 4 aromatic rings. The van der Waals surface area contributed by atoms with E-state index in [1.54, 1.807) is 18.5 Å². The summed E-state index contributed by atoms with van der Waals surface area (Å²) in [7, 11) is 0. The monoisotopic (exact) mass is 395 g/mol. The number of nitrogens with one attached hydrogen (secondary N) is 2. The van der Waals surface area contributed by atoms with Gasteiger partial charge in [-0.25, -0.2) is 0 Å². The van der Waals surface area contributed by atoms with Gasteiger partial charge in [-0.3, -0.25) is 14.6 Å². The molecule has 4 rings (SSSR count). The molecule has 5 nitrogen and oxygen atoms in total. The quantitative estimate of drug-likeness (QED) is 0.518. The number of carbonyl (C=O) groups is 2. The highest BCUT2D eigenvalue weighted by molar-refractivity contribution is 6.00. The normalized spacial score (nSPS) is 11.6. The van der Waals surface area contributed by atoms with Crippen molar-refractivity contribution < 1.29 is 9.59 Å². The maximum Gasteiger partial charge on any atom is 0.252 e. The van der Waals surface area contributed by atoms with E-state index in [-0.39, 0.29) is 11.8 Å². The van der Waals surface area contributed by atoms with E-state index in [4.69, 9.17) is 0 Å². The Hall–Kier alpha value is -3.99. The summed E-state index contributed by atoms with van der Waals surface area (Å²) in [6.45, 7) is 0.335. The molecule has 0 aliphatic heterocycles. The predicted molar refractivity (Wildman–Crippen MR) is 117 cm³/mol. The summed E-state index contributed by atoms with van der Waals surface area (Å²) in [5.74, 6) is -0.578. The van der Waals surface area contributed by atoms with Crippen molar-refractivity contribution in [3.63, 3.8) is 0 Å². The molecular formula is C25H21N3O2. The summed E-state index contributed by atoms with van der Waals surface area (Å²) in [6.07, 6.45) is 3.38. The van der Waals surface area contributed by atoms with Crippen LogP contribution in [-0.2, 0) is 11.3 Å². The van der Waals surface area contributed by atoms with Crippen molar-refractivity contribution in [1.82, 2.24) is 15.6 Å². The second-order valence-corrected chi connectivity index (χ2v) is 6.96. The van der Waals surface area contributed by atoms with Crippen LogP contribution < -0.4 is 10.6 Å². The van der Waals surface area contributed by atoms with Gasteiger partial charge in [0.2, 0.25) is 5.91 Å². The SMILES string of the molecule is O=C(N[C@@H](C(=O)NCc1cccnc1)c1ccccc1)c1ccc2ccccc2c1. The first kappa shape index (κ1) is 19.3. The molecule has 2 N–H and O–H groups in total. The van der Waals surface area contributed by atoms with E-state index >= 15 is 0 Å². The lowest BCUT2D eigenvalue weighted by Crippen LogP contribution is -2.40. The van der Waals surface area contributed by atoms with Crippen LogP contribution in [0.4, 0.5) is 0 Å². The molecule has 3 aromatic carbocycles. The molecule has 2 amide bonds.